The zero-order valence-corrected chi connectivity index (χ0v) is 17.3. The first-order chi connectivity index (χ1) is 11.3. The first kappa shape index (κ1) is 17.8. The number of nitrogens with one attached hydrogen (secondary N) is 1. The monoisotopic (exact) mass is 424 g/mol. The normalized spacial score (nSPS) is 17.9. The van der Waals surface area contributed by atoms with Crippen LogP contribution in [-0.2, 0) is 12.8 Å². The van der Waals surface area contributed by atoms with E-state index in [4.69, 9.17) is 0 Å². The van der Waals surface area contributed by atoms with Gasteiger partial charge >= 0.3 is 0 Å². The van der Waals surface area contributed by atoms with Crippen LogP contribution in [0.15, 0.2) is 26.4 Å². The summed E-state index contributed by atoms with van der Waals surface area (Å²) in [5.41, 5.74) is 5.01. The van der Waals surface area contributed by atoms with E-state index in [-0.39, 0.29) is 5.91 Å². The van der Waals surface area contributed by atoms with Crippen molar-refractivity contribution in [3.05, 3.63) is 42.2 Å². The number of amides is 1. The summed E-state index contributed by atoms with van der Waals surface area (Å²) in [5.74, 6) is 0.587. The van der Waals surface area contributed by atoms with E-state index in [1.807, 2.05) is 17.5 Å². The van der Waals surface area contributed by atoms with Gasteiger partial charge in [0.15, 0.2) is 0 Å². The van der Waals surface area contributed by atoms with Gasteiger partial charge in [-0.2, -0.15) is 5.10 Å². The maximum Gasteiger partial charge on any atom is 0.272 e. The lowest BCUT2D eigenvalue weighted by atomic mass is 9.72. The van der Waals surface area contributed by atoms with Crippen molar-refractivity contribution >= 4 is 50.7 Å². The average molecular weight is 425 g/mol. The summed E-state index contributed by atoms with van der Waals surface area (Å²) in [7, 11) is 0. The van der Waals surface area contributed by atoms with E-state index in [1.165, 1.54) is 10.4 Å². The van der Waals surface area contributed by atoms with Crippen LogP contribution in [-0.4, -0.2) is 12.1 Å². The molecule has 2 heterocycles. The second kappa shape index (κ2) is 7.10. The molecule has 2 aromatic rings. The van der Waals surface area contributed by atoms with Crippen LogP contribution in [0.5, 0.6) is 0 Å². The average Bonchev–Trinajstić information content (AvgIpc) is 3.11. The van der Waals surface area contributed by atoms with Gasteiger partial charge < -0.3 is 0 Å². The molecule has 1 atom stereocenters. The number of carbonyl (C=O) groups is 1. The van der Waals surface area contributed by atoms with E-state index in [2.05, 4.69) is 47.2 Å². The third-order valence-electron chi connectivity index (χ3n) is 4.58. The van der Waals surface area contributed by atoms with Gasteiger partial charge in [-0.05, 0) is 64.2 Å². The molecule has 1 N–H and O–H groups in total. The van der Waals surface area contributed by atoms with Crippen molar-refractivity contribution in [2.45, 2.75) is 40.0 Å². The van der Waals surface area contributed by atoms with Crippen molar-refractivity contribution in [2.75, 3.05) is 0 Å². The highest BCUT2D eigenvalue weighted by Gasteiger charge is 2.31. The summed E-state index contributed by atoms with van der Waals surface area (Å²) in [4.78, 5) is 14.8. The number of thiophene rings is 2. The van der Waals surface area contributed by atoms with E-state index >= 15 is 0 Å². The largest absolute Gasteiger partial charge is 0.272 e. The molecule has 0 saturated heterocycles. The van der Waals surface area contributed by atoms with Gasteiger partial charge in [0.2, 0.25) is 0 Å². The molecule has 0 spiro atoms. The number of nitrogens with zero attached hydrogens (tertiary/aromatic N) is 1. The second-order valence-corrected chi connectivity index (χ2v) is 10.7. The Labute approximate surface area is 159 Å². The fourth-order valence-electron chi connectivity index (χ4n) is 3.05. The van der Waals surface area contributed by atoms with Crippen molar-refractivity contribution < 1.29 is 4.79 Å². The molecule has 0 aliphatic heterocycles. The number of rotatable bonds is 3. The molecule has 1 aliphatic rings. The van der Waals surface area contributed by atoms with Gasteiger partial charge in [0, 0.05) is 15.1 Å². The summed E-state index contributed by atoms with van der Waals surface area (Å²) < 4.78 is 1.05. The van der Waals surface area contributed by atoms with E-state index in [9.17, 15) is 4.79 Å². The summed E-state index contributed by atoms with van der Waals surface area (Å²) in [6.45, 7) is 6.92. The van der Waals surface area contributed by atoms with Crippen LogP contribution < -0.4 is 5.43 Å². The number of hydrogen-bond acceptors (Lipinski definition) is 4. The first-order valence-electron chi connectivity index (χ1n) is 8.02. The zero-order chi connectivity index (χ0) is 17.3. The van der Waals surface area contributed by atoms with E-state index < -0.39 is 0 Å². The molecule has 3 rings (SSSR count). The number of halogens is 1. The lowest BCUT2D eigenvalue weighted by molar-refractivity contribution is 0.0954. The third-order valence-corrected chi connectivity index (χ3v) is 7.19. The van der Waals surface area contributed by atoms with Crippen LogP contribution in [0.3, 0.4) is 0 Å². The third kappa shape index (κ3) is 3.98. The molecule has 0 fully saturated rings. The molecule has 24 heavy (non-hydrogen) atoms. The van der Waals surface area contributed by atoms with E-state index in [0.717, 1.165) is 33.5 Å². The molecule has 128 valence electrons. The Kier molecular flexibility index (Phi) is 5.27. The number of hydrazone groups is 1. The molecule has 6 heteroatoms. The maximum atomic E-state index is 12.4. The highest BCUT2D eigenvalue weighted by Crippen LogP contribution is 2.40. The summed E-state index contributed by atoms with van der Waals surface area (Å²) in [6.07, 6.45) is 4.91. The van der Waals surface area contributed by atoms with Gasteiger partial charge in [0.05, 0.1) is 15.6 Å². The van der Waals surface area contributed by atoms with Gasteiger partial charge in [-0.15, -0.1) is 22.7 Å². The first-order valence-corrected chi connectivity index (χ1v) is 10.5. The predicted octanol–water partition coefficient (Wildman–Crippen LogP) is 5.49. The van der Waals surface area contributed by atoms with Crippen LogP contribution >= 0.6 is 38.6 Å². The van der Waals surface area contributed by atoms with Crippen molar-refractivity contribution in [1.82, 2.24) is 5.43 Å². The van der Waals surface area contributed by atoms with Crippen LogP contribution in [0.25, 0.3) is 0 Å². The van der Waals surface area contributed by atoms with Gasteiger partial charge in [-0.3, -0.25) is 4.79 Å². The SMILES string of the molecule is CC(C)(C)[C@@H]1CCc2c(C(=O)N/N=C/c3ccc(Br)s3)csc2C1. The number of carbonyl (C=O) groups excluding carboxylic acids is 1. The molecule has 0 unspecified atom stereocenters. The van der Waals surface area contributed by atoms with Crippen LogP contribution in [0.1, 0.15) is 52.9 Å². The predicted molar refractivity (Wildman–Crippen MR) is 106 cm³/mol. The van der Waals surface area contributed by atoms with Gasteiger partial charge in [-0.25, -0.2) is 5.43 Å². The number of hydrogen-bond donors (Lipinski definition) is 1. The van der Waals surface area contributed by atoms with Gasteiger partial charge in [-0.1, -0.05) is 20.8 Å². The molecule has 0 radical (unpaired) electrons. The minimum absolute atomic E-state index is 0.103. The van der Waals surface area contributed by atoms with E-state index in [0.29, 0.717) is 11.3 Å². The lowest BCUT2D eigenvalue weighted by Gasteiger charge is -2.33. The van der Waals surface area contributed by atoms with E-state index in [1.54, 1.807) is 28.9 Å². The van der Waals surface area contributed by atoms with Crippen molar-refractivity contribution in [1.29, 1.82) is 0 Å². The van der Waals surface area contributed by atoms with Gasteiger partial charge in [0.25, 0.3) is 5.91 Å². The fourth-order valence-corrected chi connectivity index (χ4v) is 5.51. The molecule has 0 aromatic carbocycles. The number of fused-ring (bicyclic) bond motifs is 1. The Morgan fingerprint density at radius 1 is 1.42 bits per heavy atom. The minimum atomic E-state index is -0.103. The highest BCUT2D eigenvalue weighted by atomic mass is 79.9. The molecule has 3 nitrogen and oxygen atoms in total. The summed E-state index contributed by atoms with van der Waals surface area (Å²) in [6, 6.07) is 3.93. The molecule has 0 saturated carbocycles. The Bertz CT molecular complexity index is 770. The molecule has 1 aliphatic carbocycles. The highest BCUT2D eigenvalue weighted by molar-refractivity contribution is 9.11. The van der Waals surface area contributed by atoms with Crippen molar-refractivity contribution in [3.63, 3.8) is 0 Å². The Hall–Kier alpha value is -0.980. The van der Waals surface area contributed by atoms with Crippen molar-refractivity contribution in [2.24, 2.45) is 16.4 Å². The smallest absolute Gasteiger partial charge is 0.267 e. The molecule has 2 aromatic heterocycles. The fraction of sp³-hybridized carbons (Fsp3) is 0.444. The summed E-state index contributed by atoms with van der Waals surface area (Å²) in [5, 5.41) is 6.07. The van der Waals surface area contributed by atoms with Crippen LogP contribution in [0.2, 0.25) is 0 Å². The molecular weight excluding hydrogens is 404 g/mol. The molecular formula is C18H21BrN2OS2. The topological polar surface area (TPSA) is 41.5 Å². The Morgan fingerprint density at radius 2 is 2.21 bits per heavy atom. The van der Waals surface area contributed by atoms with Crippen molar-refractivity contribution in [3.8, 4) is 0 Å². The van der Waals surface area contributed by atoms with Crippen LogP contribution in [0, 0.1) is 11.3 Å². The molecule has 1 amide bonds. The van der Waals surface area contributed by atoms with Gasteiger partial charge in [0.1, 0.15) is 0 Å². The Morgan fingerprint density at radius 3 is 2.88 bits per heavy atom. The lowest BCUT2D eigenvalue weighted by Crippen LogP contribution is -2.27. The maximum absolute atomic E-state index is 12.4. The minimum Gasteiger partial charge on any atom is -0.267 e. The second-order valence-electron chi connectivity index (χ2n) is 7.20. The summed E-state index contributed by atoms with van der Waals surface area (Å²) >= 11 is 6.71. The standard InChI is InChI=1S/C18H21BrN2OS2/c1-18(2,3)11-4-6-13-14(10-23-15(13)8-11)17(22)21-20-9-12-5-7-16(19)24-12/h5,7,9-11H,4,6,8H2,1-3H3,(H,21,22)/b20-9+/t11-/m1/s1. The van der Waals surface area contributed by atoms with Crippen LogP contribution in [0.4, 0.5) is 0 Å². The Balaban J connectivity index is 1.67. The quantitative estimate of drug-likeness (QED) is 0.513. The molecule has 0 bridgehead atoms. The zero-order valence-electron chi connectivity index (χ0n) is 14.1.